The number of hydrogen-bond donors (Lipinski definition) is 1. The highest BCUT2D eigenvalue weighted by Gasteiger charge is 2.53. The maximum absolute atomic E-state index is 11.4. The van der Waals surface area contributed by atoms with Crippen LogP contribution in [0.4, 0.5) is 5.82 Å². The van der Waals surface area contributed by atoms with Crippen LogP contribution in [0.2, 0.25) is 0 Å². The molecule has 3 rings (SSSR count). The van der Waals surface area contributed by atoms with Crippen LogP contribution in [0, 0.1) is 0 Å². The number of rotatable bonds is 3. The molecule has 1 N–H and O–H groups in total. The molecular weight excluding hydrogens is 216 g/mol. The zero-order chi connectivity index (χ0) is 11.9. The molecule has 0 radical (unpaired) electrons. The fourth-order valence-electron chi connectivity index (χ4n) is 2.67. The SMILES string of the molecule is O=C(O)C1(c2cccnc2N2CCCC2)CC1. The number of carboxylic acid groups (broad SMARTS) is 1. The molecule has 0 atom stereocenters. The van der Waals surface area contributed by atoms with Gasteiger partial charge in [-0.05, 0) is 31.7 Å². The van der Waals surface area contributed by atoms with Gasteiger partial charge in [0.25, 0.3) is 0 Å². The lowest BCUT2D eigenvalue weighted by Crippen LogP contribution is -2.27. The molecule has 90 valence electrons. The number of carbonyl (C=O) groups is 1. The molecule has 0 bridgehead atoms. The molecule has 0 spiro atoms. The molecule has 1 aliphatic heterocycles. The number of carboxylic acids is 1. The highest BCUT2D eigenvalue weighted by molar-refractivity contribution is 5.87. The number of anilines is 1. The fraction of sp³-hybridized carbons (Fsp3) is 0.538. The summed E-state index contributed by atoms with van der Waals surface area (Å²) >= 11 is 0. The first-order valence-corrected chi connectivity index (χ1v) is 6.18. The highest BCUT2D eigenvalue weighted by atomic mass is 16.4. The predicted octanol–water partition coefficient (Wildman–Crippen LogP) is 1.80. The normalized spacial score (nSPS) is 21.5. The lowest BCUT2D eigenvalue weighted by molar-refractivity contribution is -0.140. The van der Waals surface area contributed by atoms with Crippen LogP contribution in [0.5, 0.6) is 0 Å². The van der Waals surface area contributed by atoms with Crippen LogP contribution in [-0.2, 0) is 10.2 Å². The topological polar surface area (TPSA) is 53.4 Å². The standard InChI is InChI=1S/C13H16N2O2/c16-12(17)13(5-6-13)10-4-3-7-14-11(10)15-8-1-2-9-15/h3-4,7H,1-2,5-6,8-9H2,(H,16,17). The molecule has 0 unspecified atom stereocenters. The van der Waals surface area contributed by atoms with Gasteiger partial charge in [-0.15, -0.1) is 0 Å². The van der Waals surface area contributed by atoms with Crippen molar-refractivity contribution in [2.75, 3.05) is 18.0 Å². The highest BCUT2D eigenvalue weighted by Crippen LogP contribution is 2.51. The van der Waals surface area contributed by atoms with Gasteiger partial charge in [0.15, 0.2) is 0 Å². The Labute approximate surface area is 100 Å². The Morgan fingerprint density at radius 1 is 1.35 bits per heavy atom. The summed E-state index contributed by atoms with van der Waals surface area (Å²) in [5.41, 5.74) is 0.265. The second-order valence-electron chi connectivity index (χ2n) is 4.96. The van der Waals surface area contributed by atoms with Crippen LogP contribution in [0.25, 0.3) is 0 Å². The summed E-state index contributed by atoms with van der Waals surface area (Å²) in [6.45, 7) is 2.00. The molecule has 1 aliphatic carbocycles. The van der Waals surface area contributed by atoms with Crippen molar-refractivity contribution in [3.63, 3.8) is 0 Å². The summed E-state index contributed by atoms with van der Waals surface area (Å²) in [5, 5.41) is 9.38. The van der Waals surface area contributed by atoms with Gasteiger partial charge in [-0.25, -0.2) is 4.98 Å². The van der Waals surface area contributed by atoms with E-state index in [4.69, 9.17) is 0 Å². The van der Waals surface area contributed by atoms with Crippen molar-refractivity contribution < 1.29 is 9.90 Å². The molecule has 4 heteroatoms. The van der Waals surface area contributed by atoms with Crippen LogP contribution in [0.15, 0.2) is 18.3 Å². The third kappa shape index (κ3) is 1.59. The summed E-state index contributed by atoms with van der Waals surface area (Å²) in [5.74, 6) is 0.191. The molecule has 1 saturated heterocycles. The minimum Gasteiger partial charge on any atom is -0.481 e. The third-order valence-corrected chi connectivity index (χ3v) is 3.87. The fourth-order valence-corrected chi connectivity index (χ4v) is 2.67. The van der Waals surface area contributed by atoms with E-state index < -0.39 is 11.4 Å². The van der Waals surface area contributed by atoms with Crippen molar-refractivity contribution in [1.82, 2.24) is 4.98 Å². The minimum atomic E-state index is -0.703. The van der Waals surface area contributed by atoms with E-state index >= 15 is 0 Å². The van der Waals surface area contributed by atoms with E-state index in [1.807, 2.05) is 12.1 Å². The van der Waals surface area contributed by atoms with Gasteiger partial charge >= 0.3 is 5.97 Å². The summed E-state index contributed by atoms with van der Waals surface area (Å²) in [4.78, 5) is 18.0. The molecular formula is C13H16N2O2. The molecule has 4 nitrogen and oxygen atoms in total. The van der Waals surface area contributed by atoms with Crippen molar-refractivity contribution >= 4 is 11.8 Å². The predicted molar refractivity (Wildman–Crippen MR) is 64.2 cm³/mol. The van der Waals surface area contributed by atoms with E-state index in [1.165, 1.54) is 12.8 Å². The summed E-state index contributed by atoms with van der Waals surface area (Å²) in [6.07, 6.45) is 5.60. The van der Waals surface area contributed by atoms with E-state index in [-0.39, 0.29) is 0 Å². The monoisotopic (exact) mass is 232 g/mol. The second-order valence-corrected chi connectivity index (χ2v) is 4.96. The molecule has 1 aromatic heterocycles. The van der Waals surface area contributed by atoms with E-state index in [9.17, 15) is 9.90 Å². The Balaban J connectivity index is 2.02. The Bertz CT molecular complexity index is 448. The lowest BCUT2D eigenvalue weighted by atomic mass is 9.96. The average molecular weight is 232 g/mol. The summed E-state index contributed by atoms with van der Waals surface area (Å²) in [7, 11) is 0. The van der Waals surface area contributed by atoms with Crippen molar-refractivity contribution in [2.24, 2.45) is 0 Å². The van der Waals surface area contributed by atoms with Crippen molar-refractivity contribution in [1.29, 1.82) is 0 Å². The molecule has 17 heavy (non-hydrogen) atoms. The largest absolute Gasteiger partial charge is 0.481 e. The van der Waals surface area contributed by atoms with Crippen molar-refractivity contribution in [3.05, 3.63) is 23.9 Å². The lowest BCUT2D eigenvalue weighted by Gasteiger charge is -2.22. The van der Waals surface area contributed by atoms with Gasteiger partial charge in [-0.1, -0.05) is 6.07 Å². The minimum absolute atomic E-state index is 0.647. The maximum Gasteiger partial charge on any atom is 0.314 e. The molecule has 2 heterocycles. The van der Waals surface area contributed by atoms with Gasteiger partial charge in [0.05, 0.1) is 5.41 Å². The Kier molecular flexibility index (Phi) is 2.31. The quantitative estimate of drug-likeness (QED) is 0.863. The van der Waals surface area contributed by atoms with Crippen LogP contribution in [0.3, 0.4) is 0 Å². The van der Waals surface area contributed by atoms with Gasteiger partial charge in [0.2, 0.25) is 0 Å². The van der Waals surface area contributed by atoms with Gasteiger partial charge in [-0.2, -0.15) is 0 Å². The van der Waals surface area contributed by atoms with Crippen molar-refractivity contribution in [3.8, 4) is 0 Å². The van der Waals surface area contributed by atoms with E-state index in [2.05, 4.69) is 9.88 Å². The zero-order valence-electron chi connectivity index (χ0n) is 9.72. The molecule has 2 aliphatic rings. The van der Waals surface area contributed by atoms with Gasteiger partial charge < -0.3 is 10.0 Å². The first kappa shape index (κ1) is 10.6. The van der Waals surface area contributed by atoms with E-state index in [0.29, 0.717) is 0 Å². The first-order valence-electron chi connectivity index (χ1n) is 6.18. The van der Waals surface area contributed by atoms with Crippen LogP contribution < -0.4 is 4.90 Å². The maximum atomic E-state index is 11.4. The van der Waals surface area contributed by atoms with Crippen LogP contribution in [-0.4, -0.2) is 29.1 Å². The van der Waals surface area contributed by atoms with Crippen LogP contribution in [0.1, 0.15) is 31.2 Å². The summed E-state index contributed by atoms with van der Waals surface area (Å²) in [6, 6.07) is 3.78. The van der Waals surface area contributed by atoms with Gasteiger partial charge in [0.1, 0.15) is 5.82 Å². The first-order chi connectivity index (χ1) is 8.24. The molecule has 0 aromatic carbocycles. The molecule has 1 aromatic rings. The zero-order valence-corrected chi connectivity index (χ0v) is 9.72. The average Bonchev–Trinajstić information content (AvgIpc) is 2.98. The Hall–Kier alpha value is -1.58. The van der Waals surface area contributed by atoms with Gasteiger partial charge in [0, 0.05) is 24.8 Å². The smallest absolute Gasteiger partial charge is 0.314 e. The Morgan fingerprint density at radius 2 is 2.06 bits per heavy atom. The third-order valence-electron chi connectivity index (χ3n) is 3.87. The van der Waals surface area contributed by atoms with Gasteiger partial charge in [-0.3, -0.25) is 4.79 Å². The Morgan fingerprint density at radius 3 is 2.65 bits per heavy atom. The number of hydrogen-bond acceptors (Lipinski definition) is 3. The summed E-state index contributed by atoms with van der Waals surface area (Å²) < 4.78 is 0. The molecule has 0 amide bonds. The van der Waals surface area contributed by atoms with E-state index in [1.54, 1.807) is 6.20 Å². The number of nitrogens with zero attached hydrogens (tertiary/aromatic N) is 2. The second kappa shape index (κ2) is 3.72. The number of pyridine rings is 1. The van der Waals surface area contributed by atoms with E-state index in [0.717, 1.165) is 37.3 Å². The molecule has 1 saturated carbocycles. The van der Waals surface area contributed by atoms with Crippen LogP contribution >= 0.6 is 0 Å². The number of aromatic nitrogens is 1. The number of aliphatic carboxylic acids is 1. The molecule has 2 fully saturated rings. The van der Waals surface area contributed by atoms with Crippen molar-refractivity contribution in [2.45, 2.75) is 31.1 Å².